The zero-order chi connectivity index (χ0) is 22.1. The Morgan fingerprint density at radius 2 is 2.00 bits per heavy atom. The molecule has 0 unspecified atom stereocenters. The largest absolute Gasteiger partial charge is 0.378 e. The van der Waals surface area contributed by atoms with E-state index in [0.29, 0.717) is 35.7 Å². The smallest absolute Gasteiger partial charge is 0.166 e. The fourth-order valence-corrected chi connectivity index (χ4v) is 4.49. The van der Waals surface area contributed by atoms with Crippen LogP contribution in [-0.2, 0) is 17.8 Å². The molecule has 6 heteroatoms. The first-order valence-corrected chi connectivity index (χ1v) is 10.9. The monoisotopic (exact) mass is 443 g/mol. The summed E-state index contributed by atoms with van der Waals surface area (Å²) in [5.74, 6) is 0.196. The minimum absolute atomic E-state index is 0.0939. The van der Waals surface area contributed by atoms with Gasteiger partial charge in [0.2, 0.25) is 0 Å². The molecule has 0 spiro atoms. The number of aromatic nitrogens is 3. The molecule has 0 saturated carbocycles. The predicted octanol–water partition coefficient (Wildman–Crippen LogP) is 5.65. The van der Waals surface area contributed by atoms with E-state index in [1.54, 1.807) is 13.3 Å². The molecule has 1 aliphatic carbocycles. The Morgan fingerprint density at radius 1 is 1.16 bits per heavy atom. The number of methoxy groups -OCH3 is 1. The number of rotatable bonds is 5. The fraction of sp³-hybridized carbons (Fsp3) is 0.192. The second kappa shape index (κ2) is 8.69. The number of allylic oxidation sites excluding steroid dienone is 1. The molecule has 5 nitrogen and oxygen atoms in total. The van der Waals surface area contributed by atoms with Crippen molar-refractivity contribution in [2.75, 3.05) is 7.11 Å². The summed E-state index contributed by atoms with van der Waals surface area (Å²) in [6.07, 6.45) is 7.08. The summed E-state index contributed by atoms with van der Waals surface area (Å²) < 4.78 is 7.23. The standard InChI is InChI=1S/C26H22ClN3O2/c1-32-16-22-25(19-8-5-9-20(27)14-19)26-28-15-21-23(30(26)29-22)12-18(13-24(21)31)11-10-17-6-3-2-4-7-17/h2-11,14-15,18H,12-13,16H2,1H3/b11-10+/t18-/m0/s1. The van der Waals surface area contributed by atoms with Gasteiger partial charge in [0.1, 0.15) is 0 Å². The zero-order valence-electron chi connectivity index (χ0n) is 17.7. The van der Waals surface area contributed by atoms with Gasteiger partial charge in [-0.05, 0) is 35.6 Å². The lowest BCUT2D eigenvalue weighted by Gasteiger charge is -2.21. The Balaban J connectivity index is 1.60. The van der Waals surface area contributed by atoms with Gasteiger partial charge < -0.3 is 4.74 Å². The van der Waals surface area contributed by atoms with Gasteiger partial charge in [0.05, 0.1) is 29.1 Å². The number of fused-ring (bicyclic) bond motifs is 3. The summed E-state index contributed by atoms with van der Waals surface area (Å²) in [5.41, 5.74) is 5.94. The van der Waals surface area contributed by atoms with Crippen molar-refractivity contribution in [3.05, 3.63) is 94.4 Å². The van der Waals surface area contributed by atoms with E-state index < -0.39 is 0 Å². The molecular weight excluding hydrogens is 422 g/mol. The van der Waals surface area contributed by atoms with Gasteiger partial charge >= 0.3 is 0 Å². The summed E-state index contributed by atoms with van der Waals surface area (Å²) in [5, 5.41) is 5.46. The Kier molecular flexibility index (Phi) is 5.60. The van der Waals surface area contributed by atoms with Crippen LogP contribution in [0.3, 0.4) is 0 Å². The van der Waals surface area contributed by atoms with Crippen LogP contribution in [0, 0.1) is 5.92 Å². The SMILES string of the molecule is COCc1nn2c3c(cnc2c1-c1cccc(Cl)c1)C(=O)C[C@@H](/C=C/c1ccccc1)C3. The number of benzene rings is 2. The van der Waals surface area contributed by atoms with Crippen LogP contribution < -0.4 is 0 Å². The van der Waals surface area contributed by atoms with E-state index in [-0.39, 0.29) is 11.7 Å². The van der Waals surface area contributed by atoms with Crippen molar-refractivity contribution >= 4 is 29.1 Å². The molecule has 0 aliphatic heterocycles. The van der Waals surface area contributed by atoms with Crippen LogP contribution in [-0.4, -0.2) is 27.5 Å². The summed E-state index contributed by atoms with van der Waals surface area (Å²) >= 11 is 6.25. The number of nitrogens with zero attached hydrogens (tertiary/aromatic N) is 3. The molecule has 2 aromatic carbocycles. The number of halogens is 1. The fourth-order valence-electron chi connectivity index (χ4n) is 4.30. The van der Waals surface area contributed by atoms with Crippen molar-refractivity contribution in [1.29, 1.82) is 0 Å². The molecule has 2 heterocycles. The van der Waals surface area contributed by atoms with Crippen molar-refractivity contribution in [2.24, 2.45) is 5.92 Å². The molecule has 0 saturated heterocycles. The zero-order valence-corrected chi connectivity index (χ0v) is 18.4. The maximum Gasteiger partial charge on any atom is 0.166 e. The van der Waals surface area contributed by atoms with Gasteiger partial charge in [-0.1, -0.05) is 66.2 Å². The number of carbonyl (C=O) groups excluding carboxylic acids is 1. The number of Topliss-reactive ketones (excluding diaryl/α,β-unsaturated/α-hetero) is 1. The van der Waals surface area contributed by atoms with E-state index in [0.717, 1.165) is 28.1 Å². The molecule has 2 aromatic heterocycles. The highest BCUT2D eigenvalue weighted by Gasteiger charge is 2.28. The highest BCUT2D eigenvalue weighted by atomic mass is 35.5. The van der Waals surface area contributed by atoms with Crippen LogP contribution in [0.5, 0.6) is 0 Å². The summed E-state index contributed by atoms with van der Waals surface area (Å²) in [4.78, 5) is 17.6. The molecule has 0 N–H and O–H groups in total. The van der Waals surface area contributed by atoms with Gasteiger partial charge in [-0.2, -0.15) is 5.10 Å². The summed E-state index contributed by atoms with van der Waals surface area (Å²) in [6.45, 7) is 0.339. The second-order valence-electron chi connectivity index (χ2n) is 7.98. The number of ketones is 1. The number of hydrogen-bond donors (Lipinski definition) is 0. The van der Waals surface area contributed by atoms with Crippen LogP contribution in [0.1, 0.15) is 33.7 Å². The van der Waals surface area contributed by atoms with E-state index in [2.05, 4.69) is 29.3 Å². The second-order valence-corrected chi connectivity index (χ2v) is 8.42. The number of hydrogen-bond acceptors (Lipinski definition) is 4. The highest BCUT2D eigenvalue weighted by Crippen LogP contribution is 2.33. The van der Waals surface area contributed by atoms with Crippen molar-refractivity contribution < 1.29 is 9.53 Å². The van der Waals surface area contributed by atoms with Gasteiger partial charge in [0.25, 0.3) is 0 Å². The van der Waals surface area contributed by atoms with Crippen LogP contribution >= 0.6 is 11.6 Å². The minimum Gasteiger partial charge on any atom is -0.378 e. The first-order chi connectivity index (χ1) is 15.6. The summed E-state index contributed by atoms with van der Waals surface area (Å²) in [6, 6.07) is 17.7. The molecular formula is C26H22ClN3O2. The van der Waals surface area contributed by atoms with Crippen LogP contribution in [0.25, 0.3) is 22.9 Å². The van der Waals surface area contributed by atoms with E-state index in [1.807, 2.05) is 47.0 Å². The van der Waals surface area contributed by atoms with Crippen molar-refractivity contribution in [3.63, 3.8) is 0 Å². The van der Waals surface area contributed by atoms with Gasteiger partial charge in [0, 0.05) is 24.8 Å². The van der Waals surface area contributed by atoms with Gasteiger partial charge in [-0.25, -0.2) is 9.50 Å². The Labute approximate surface area is 191 Å². The number of carbonyl (C=O) groups is 1. The predicted molar refractivity (Wildman–Crippen MR) is 126 cm³/mol. The quantitative estimate of drug-likeness (QED) is 0.399. The number of ether oxygens (including phenoxy) is 1. The molecule has 1 aliphatic rings. The molecule has 1 atom stereocenters. The van der Waals surface area contributed by atoms with E-state index >= 15 is 0 Å². The molecule has 32 heavy (non-hydrogen) atoms. The van der Waals surface area contributed by atoms with Crippen molar-refractivity contribution in [3.8, 4) is 11.1 Å². The minimum atomic E-state index is 0.0939. The van der Waals surface area contributed by atoms with Crippen LogP contribution in [0.2, 0.25) is 5.02 Å². The normalized spacial score (nSPS) is 16.1. The topological polar surface area (TPSA) is 56.5 Å². The van der Waals surface area contributed by atoms with E-state index in [9.17, 15) is 4.79 Å². The Morgan fingerprint density at radius 3 is 2.78 bits per heavy atom. The highest BCUT2D eigenvalue weighted by molar-refractivity contribution is 6.30. The summed E-state index contributed by atoms with van der Waals surface area (Å²) in [7, 11) is 1.64. The van der Waals surface area contributed by atoms with Crippen molar-refractivity contribution in [1.82, 2.24) is 14.6 Å². The molecule has 160 valence electrons. The maximum atomic E-state index is 12.9. The molecule has 5 rings (SSSR count). The maximum absolute atomic E-state index is 12.9. The van der Waals surface area contributed by atoms with Crippen molar-refractivity contribution in [2.45, 2.75) is 19.4 Å². The van der Waals surface area contributed by atoms with Gasteiger partial charge in [-0.15, -0.1) is 0 Å². The lowest BCUT2D eigenvalue weighted by Crippen LogP contribution is -2.22. The van der Waals surface area contributed by atoms with E-state index in [1.165, 1.54) is 0 Å². The van der Waals surface area contributed by atoms with Gasteiger partial charge in [0.15, 0.2) is 11.4 Å². The Bertz CT molecular complexity index is 1330. The molecule has 0 radical (unpaired) electrons. The lowest BCUT2D eigenvalue weighted by molar-refractivity contribution is 0.0957. The first-order valence-electron chi connectivity index (χ1n) is 10.5. The first kappa shape index (κ1) is 20.6. The molecule has 4 aromatic rings. The molecule has 0 bridgehead atoms. The lowest BCUT2D eigenvalue weighted by atomic mass is 9.86. The van der Waals surface area contributed by atoms with Gasteiger partial charge in [-0.3, -0.25) is 4.79 Å². The van der Waals surface area contributed by atoms with Crippen LogP contribution in [0.4, 0.5) is 0 Å². The van der Waals surface area contributed by atoms with Crippen LogP contribution in [0.15, 0.2) is 66.9 Å². The third kappa shape index (κ3) is 3.85. The Hall–Kier alpha value is -3.28. The third-order valence-corrected chi connectivity index (χ3v) is 6.01. The average Bonchev–Trinajstić information content (AvgIpc) is 3.17. The van der Waals surface area contributed by atoms with E-state index in [4.69, 9.17) is 21.4 Å². The molecule has 0 fully saturated rings. The average molecular weight is 444 g/mol. The third-order valence-electron chi connectivity index (χ3n) is 5.77. The molecule has 0 amide bonds.